The molecule has 0 radical (unpaired) electrons. The number of rotatable bonds is 4. The second-order valence-electron chi connectivity index (χ2n) is 5.73. The first kappa shape index (κ1) is 18.7. The van der Waals surface area contributed by atoms with Crippen LogP contribution in [0.4, 0.5) is 0 Å². The number of amides is 1. The van der Waals surface area contributed by atoms with Gasteiger partial charge in [0.2, 0.25) is 0 Å². The van der Waals surface area contributed by atoms with Crippen molar-refractivity contribution in [1.82, 2.24) is 20.4 Å². The average molecular weight is 371 g/mol. The number of aliphatic hydroxyl groups is 1. The fraction of sp³-hybridized carbons (Fsp3) is 0.375. The minimum absolute atomic E-state index is 0. The molecular formula is C16H20Cl2N4O2. The third-order valence-corrected chi connectivity index (χ3v) is 4.41. The molecule has 6 nitrogen and oxygen atoms in total. The zero-order valence-electron chi connectivity index (χ0n) is 13.2. The monoisotopic (exact) mass is 370 g/mol. The number of carbonyl (C=O) groups excluding carboxylic acids is 1. The van der Waals surface area contributed by atoms with Crippen molar-refractivity contribution in [2.75, 3.05) is 19.6 Å². The van der Waals surface area contributed by atoms with E-state index < -0.39 is 6.10 Å². The Morgan fingerprint density at radius 2 is 2.12 bits per heavy atom. The van der Waals surface area contributed by atoms with Gasteiger partial charge in [-0.3, -0.25) is 4.79 Å². The van der Waals surface area contributed by atoms with E-state index in [0.717, 1.165) is 11.4 Å². The minimum Gasteiger partial charge on any atom is -0.391 e. The van der Waals surface area contributed by atoms with Crippen LogP contribution >= 0.6 is 24.0 Å². The van der Waals surface area contributed by atoms with Crippen molar-refractivity contribution in [3.8, 4) is 5.69 Å². The molecule has 1 aliphatic rings. The Balaban J connectivity index is 0.00000208. The highest BCUT2D eigenvalue weighted by Crippen LogP contribution is 2.17. The number of β-amino-alcohol motifs (C(OH)–C–C–N with tert-alkyl or cyclic N) is 1. The summed E-state index contributed by atoms with van der Waals surface area (Å²) >= 11 is 5.89. The molecule has 2 heterocycles. The maximum Gasteiger partial charge on any atom is 0.254 e. The molecule has 2 aromatic rings. The van der Waals surface area contributed by atoms with Crippen molar-refractivity contribution in [2.24, 2.45) is 5.92 Å². The van der Waals surface area contributed by atoms with E-state index in [1.54, 1.807) is 23.0 Å². The average Bonchev–Trinajstić information content (AvgIpc) is 3.12. The summed E-state index contributed by atoms with van der Waals surface area (Å²) in [6.45, 7) is 3.58. The number of aliphatic hydroxyl groups excluding tert-OH is 1. The Bertz CT molecular complexity index is 703. The van der Waals surface area contributed by atoms with E-state index >= 15 is 0 Å². The number of nitrogens with zero attached hydrogens (tertiary/aromatic N) is 2. The van der Waals surface area contributed by atoms with Crippen LogP contribution in [-0.2, 0) is 0 Å². The standard InChI is InChI=1S/C16H19ClN4O2.ClH/c1-10-14(16(23)19-7-11-6-18-9-15(11)22)8-20-21(10)13-4-2-12(17)3-5-13;/h2-5,8,11,15,18,22H,6-7,9H2,1H3,(H,19,23);1H. The van der Waals surface area contributed by atoms with Crippen LogP contribution in [-0.4, -0.2) is 46.5 Å². The largest absolute Gasteiger partial charge is 0.391 e. The molecule has 24 heavy (non-hydrogen) atoms. The van der Waals surface area contributed by atoms with Crippen molar-refractivity contribution >= 4 is 29.9 Å². The lowest BCUT2D eigenvalue weighted by Gasteiger charge is -2.14. The molecule has 2 atom stereocenters. The molecule has 3 N–H and O–H groups in total. The molecule has 1 aliphatic heterocycles. The van der Waals surface area contributed by atoms with Gasteiger partial charge in [-0.05, 0) is 31.2 Å². The van der Waals surface area contributed by atoms with Gasteiger partial charge in [0.1, 0.15) is 0 Å². The molecule has 130 valence electrons. The van der Waals surface area contributed by atoms with Crippen LogP contribution in [0.2, 0.25) is 5.02 Å². The molecule has 3 rings (SSSR count). The lowest BCUT2D eigenvalue weighted by Crippen LogP contribution is -2.34. The molecule has 1 aromatic carbocycles. The second-order valence-corrected chi connectivity index (χ2v) is 6.16. The summed E-state index contributed by atoms with van der Waals surface area (Å²) in [6, 6.07) is 7.27. The maximum absolute atomic E-state index is 12.3. The van der Waals surface area contributed by atoms with E-state index in [1.165, 1.54) is 0 Å². The smallest absolute Gasteiger partial charge is 0.254 e. The lowest BCUT2D eigenvalue weighted by molar-refractivity contribution is 0.0926. The summed E-state index contributed by atoms with van der Waals surface area (Å²) < 4.78 is 1.71. The number of aromatic nitrogens is 2. The van der Waals surface area contributed by atoms with Crippen LogP contribution in [0.5, 0.6) is 0 Å². The molecule has 1 saturated heterocycles. The van der Waals surface area contributed by atoms with E-state index in [1.807, 2.05) is 19.1 Å². The number of nitrogens with one attached hydrogen (secondary N) is 2. The molecule has 1 aromatic heterocycles. The first-order chi connectivity index (χ1) is 11.1. The Morgan fingerprint density at radius 1 is 1.42 bits per heavy atom. The topological polar surface area (TPSA) is 79.2 Å². The van der Waals surface area contributed by atoms with Crippen LogP contribution < -0.4 is 10.6 Å². The number of benzene rings is 1. The summed E-state index contributed by atoms with van der Waals surface area (Å²) in [4.78, 5) is 12.3. The quantitative estimate of drug-likeness (QED) is 0.762. The maximum atomic E-state index is 12.3. The molecule has 0 aliphatic carbocycles. The summed E-state index contributed by atoms with van der Waals surface area (Å²) in [5.74, 6) is -0.132. The highest BCUT2D eigenvalue weighted by molar-refractivity contribution is 6.30. The van der Waals surface area contributed by atoms with E-state index in [2.05, 4.69) is 15.7 Å². The van der Waals surface area contributed by atoms with Gasteiger partial charge in [0.25, 0.3) is 5.91 Å². The fourth-order valence-corrected chi connectivity index (χ4v) is 2.85. The van der Waals surface area contributed by atoms with Gasteiger partial charge in [-0.15, -0.1) is 12.4 Å². The lowest BCUT2D eigenvalue weighted by atomic mass is 10.1. The van der Waals surface area contributed by atoms with Gasteiger partial charge in [0.05, 0.1) is 29.2 Å². The van der Waals surface area contributed by atoms with Crippen LogP contribution in [0.25, 0.3) is 5.69 Å². The molecule has 0 bridgehead atoms. The Kier molecular flexibility index (Phi) is 6.23. The van der Waals surface area contributed by atoms with Crippen molar-refractivity contribution in [3.63, 3.8) is 0 Å². The first-order valence-corrected chi connectivity index (χ1v) is 7.91. The second kappa shape index (κ2) is 7.98. The van der Waals surface area contributed by atoms with Gasteiger partial charge >= 0.3 is 0 Å². The fourth-order valence-electron chi connectivity index (χ4n) is 2.72. The van der Waals surface area contributed by atoms with E-state index in [-0.39, 0.29) is 24.2 Å². The van der Waals surface area contributed by atoms with Gasteiger partial charge in [0, 0.05) is 30.6 Å². The van der Waals surface area contributed by atoms with E-state index in [4.69, 9.17) is 11.6 Å². The summed E-state index contributed by atoms with van der Waals surface area (Å²) in [5.41, 5.74) is 2.14. The van der Waals surface area contributed by atoms with Gasteiger partial charge < -0.3 is 15.7 Å². The van der Waals surface area contributed by atoms with Crippen LogP contribution in [0.1, 0.15) is 16.1 Å². The highest BCUT2D eigenvalue weighted by Gasteiger charge is 2.25. The molecule has 1 amide bonds. The molecular weight excluding hydrogens is 351 g/mol. The van der Waals surface area contributed by atoms with Gasteiger partial charge in [-0.25, -0.2) is 4.68 Å². The van der Waals surface area contributed by atoms with E-state index in [9.17, 15) is 9.90 Å². The third kappa shape index (κ3) is 3.89. The summed E-state index contributed by atoms with van der Waals surface area (Å²) in [7, 11) is 0. The predicted octanol–water partition coefficient (Wildman–Crippen LogP) is 1.57. The summed E-state index contributed by atoms with van der Waals surface area (Å²) in [6.07, 6.45) is 1.15. The Morgan fingerprint density at radius 3 is 2.75 bits per heavy atom. The van der Waals surface area contributed by atoms with Crippen molar-refractivity contribution in [1.29, 1.82) is 0 Å². The number of hydrogen-bond acceptors (Lipinski definition) is 4. The number of hydrogen-bond donors (Lipinski definition) is 3. The molecule has 1 fully saturated rings. The van der Waals surface area contributed by atoms with Gasteiger partial charge in [-0.1, -0.05) is 11.6 Å². The van der Waals surface area contributed by atoms with Crippen molar-refractivity contribution in [3.05, 3.63) is 46.7 Å². The van der Waals surface area contributed by atoms with Crippen molar-refractivity contribution in [2.45, 2.75) is 13.0 Å². The Labute approximate surface area is 151 Å². The molecule has 8 heteroatoms. The Hall–Kier alpha value is -1.60. The van der Waals surface area contributed by atoms with Crippen LogP contribution in [0.3, 0.4) is 0 Å². The highest BCUT2D eigenvalue weighted by atomic mass is 35.5. The SMILES string of the molecule is Cc1c(C(=O)NCC2CNCC2O)cnn1-c1ccc(Cl)cc1.Cl. The van der Waals surface area contributed by atoms with Gasteiger partial charge in [0.15, 0.2) is 0 Å². The van der Waals surface area contributed by atoms with Crippen LogP contribution in [0, 0.1) is 12.8 Å². The zero-order valence-corrected chi connectivity index (χ0v) is 14.8. The normalized spacial score (nSPS) is 19.8. The van der Waals surface area contributed by atoms with E-state index in [0.29, 0.717) is 30.2 Å². The molecule has 0 saturated carbocycles. The number of halogens is 2. The van der Waals surface area contributed by atoms with Gasteiger partial charge in [-0.2, -0.15) is 5.10 Å². The van der Waals surface area contributed by atoms with Crippen molar-refractivity contribution < 1.29 is 9.90 Å². The first-order valence-electron chi connectivity index (χ1n) is 7.54. The zero-order chi connectivity index (χ0) is 16.4. The summed E-state index contributed by atoms with van der Waals surface area (Å²) in [5, 5.41) is 20.7. The van der Waals surface area contributed by atoms with Crippen LogP contribution in [0.15, 0.2) is 30.5 Å². The third-order valence-electron chi connectivity index (χ3n) is 4.15. The number of carbonyl (C=O) groups is 1. The molecule has 0 spiro atoms. The predicted molar refractivity (Wildman–Crippen MR) is 95.3 cm³/mol. The minimum atomic E-state index is -0.409. The molecule has 2 unspecified atom stereocenters.